The standard InChI is InChI=1S/C17H23NO4/c1-12-7-3-5-9-14(12)18-16(19)11-22-15-10-6-4-8-13(15)17(20)21-2/h4,6,8,10,12,14H,3,5,7,9,11H2,1-2H3,(H,18,19)/t12-,14+/m0/s1. The summed E-state index contributed by atoms with van der Waals surface area (Å²) >= 11 is 0. The van der Waals surface area contributed by atoms with Gasteiger partial charge in [0, 0.05) is 6.04 Å². The summed E-state index contributed by atoms with van der Waals surface area (Å²) < 4.78 is 10.2. The second-order valence-electron chi connectivity index (χ2n) is 5.71. The van der Waals surface area contributed by atoms with Crippen LogP contribution in [0.4, 0.5) is 0 Å². The number of nitrogens with one attached hydrogen (secondary N) is 1. The summed E-state index contributed by atoms with van der Waals surface area (Å²) in [7, 11) is 1.32. The molecule has 1 aliphatic rings. The van der Waals surface area contributed by atoms with Crippen LogP contribution in [0.1, 0.15) is 43.0 Å². The van der Waals surface area contributed by atoms with Crippen molar-refractivity contribution in [3.63, 3.8) is 0 Å². The lowest BCUT2D eigenvalue weighted by molar-refractivity contribution is -0.124. The Morgan fingerprint density at radius 1 is 1.23 bits per heavy atom. The minimum atomic E-state index is -0.475. The lowest BCUT2D eigenvalue weighted by atomic mass is 9.86. The molecule has 22 heavy (non-hydrogen) atoms. The summed E-state index contributed by atoms with van der Waals surface area (Å²) in [5.41, 5.74) is 0.323. The van der Waals surface area contributed by atoms with Gasteiger partial charge in [0.15, 0.2) is 6.61 Å². The summed E-state index contributed by atoms with van der Waals surface area (Å²) in [6.07, 6.45) is 4.56. The van der Waals surface area contributed by atoms with Crippen molar-refractivity contribution in [2.45, 2.75) is 38.6 Å². The van der Waals surface area contributed by atoms with E-state index < -0.39 is 5.97 Å². The predicted octanol–water partition coefficient (Wildman–Crippen LogP) is 2.55. The summed E-state index contributed by atoms with van der Waals surface area (Å²) in [4.78, 5) is 23.7. The number of ether oxygens (including phenoxy) is 2. The molecule has 5 heteroatoms. The fourth-order valence-electron chi connectivity index (χ4n) is 2.79. The molecule has 0 bridgehead atoms. The second kappa shape index (κ2) is 7.82. The van der Waals surface area contributed by atoms with Crippen LogP contribution in [0.15, 0.2) is 24.3 Å². The summed E-state index contributed by atoms with van der Waals surface area (Å²) in [6, 6.07) is 6.97. The van der Waals surface area contributed by atoms with Gasteiger partial charge >= 0.3 is 5.97 Å². The van der Waals surface area contributed by atoms with Gasteiger partial charge in [-0.15, -0.1) is 0 Å². The van der Waals surface area contributed by atoms with Crippen molar-refractivity contribution in [1.29, 1.82) is 0 Å². The molecule has 5 nitrogen and oxygen atoms in total. The van der Waals surface area contributed by atoms with Crippen LogP contribution in [0.25, 0.3) is 0 Å². The molecule has 1 saturated carbocycles. The molecule has 1 aromatic carbocycles. The molecule has 0 unspecified atom stereocenters. The molecule has 1 amide bonds. The highest BCUT2D eigenvalue weighted by molar-refractivity contribution is 5.92. The van der Waals surface area contributed by atoms with Gasteiger partial charge in [-0.1, -0.05) is 31.9 Å². The Bertz CT molecular complexity index is 529. The molecule has 120 valence electrons. The number of carbonyl (C=O) groups excluding carboxylic acids is 2. The minimum Gasteiger partial charge on any atom is -0.483 e. The third-order valence-corrected chi connectivity index (χ3v) is 4.11. The number of amides is 1. The van der Waals surface area contributed by atoms with E-state index in [2.05, 4.69) is 12.2 Å². The number of carbonyl (C=O) groups is 2. The molecule has 0 aromatic heterocycles. The van der Waals surface area contributed by atoms with Crippen LogP contribution >= 0.6 is 0 Å². The Kier molecular flexibility index (Phi) is 5.81. The number of para-hydroxylation sites is 1. The first kappa shape index (κ1) is 16.3. The van der Waals surface area contributed by atoms with Gasteiger partial charge < -0.3 is 14.8 Å². The van der Waals surface area contributed by atoms with E-state index in [-0.39, 0.29) is 18.6 Å². The number of rotatable bonds is 5. The highest BCUT2D eigenvalue weighted by Crippen LogP contribution is 2.23. The fourth-order valence-corrected chi connectivity index (χ4v) is 2.79. The number of hydrogen-bond donors (Lipinski definition) is 1. The zero-order chi connectivity index (χ0) is 15.9. The van der Waals surface area contributed by atoms with Crippen LogP contribution in [-0.2, 0) is 9.53 Å². The maximum Gasteiger partial charge on any atom is 0.341 e. The predicted molar refractivity (Wildman–Crippen MR) is 82.8 cm³/mol. The number of hydrogen-bond acceptors (Lipinski definition) is 4. The Labute approximate surface area is 131 Å². The second-order valence-corrected chi connectivity index (χ2v) is 5.71. The van der Waals surface area contributed by atoms with E-state index in [9.17, 15) is 9.59 Å². The van der Waals surface area contributed by atoms with Crippen molar-refractivity contribution in [3.05, 3.63) is 29.8 Å². The average Bonchev–Trinajstić information content (AvgIpc) is 2.54. The maximum atomic E-state index is 12.0. The molecular weight excluding hydrogens is 282 g/mol. The first-order valence-corrected chi connectivity index (χ1v) is 7.71. The molecule has 2 rings (SSSR count). The smallest absolute Gasteiger partial charge is 0.341 e. The van der Waals surface area contributed by atoms with E-state index in [0.29, 0.717) is 17.2 Å². The fraction of sp³-hybridized carbons (Fsp3) is 0.529. The summed E-state index contributed by atoms with van der Waals surface area (Å²) in [6.45, 7) is 2.06. The van der Waals surface area contributed by atoms with Crippen LogP contribution < -0.4 is 10.1 Å². The van der Waals surface area contributed by atoms with Crippen molar-refractivity contribution >= 4 is 11.9 Å². The quantitative estimate of drug-likeness (QED) is 0.849. The van der Waals surface area contributed by atoms with Gasteiger partial charge in [0.05, 0.1) is 7.11 Å². The van der Waals surface area contributed by atoms with Crippen molar-refractivity contribution in [2.75, 3.05) is 13.7 Å². The molecule has 1 aliphatic carbocycles. The van der Waals surface area contributed by atoms with E-state index in [1.165, 1.54) is 13.5 Å². The van der Waals surface area contributed by atoms with Crippen molar-refractivity contribution in [1.82, 2.24) is 5.32 Å². The van der Waals surface area contributed by atoms with Crippen molar-refractivity contribution in [2.24, 2.45) is 5.92 Å². The van der Waals surface area contributed by atoms with E-state index in [1.807, 2.05) is 0 Å². The van der Waals surface area contributed by atoms with Gasteiger partial charge in [0.25, 0.3) is 5.91 Å². The lowest BCUT2D eigenvalue weighted by Crippen LogP contribution is -2.43. The van der Waals surface area contributed by atoms with E-state index in [1.54, 1.807) is 24.3 Å². The topological polar surface area (TPSA) is 64.6 Å². The molecule has 0 aliphatic heterocycles. The van der Waals surface area contributed by atoms with Gasteiger partial charge in [-0.2, -0.15) is 0 Å². The molecule has 0 heterocycles. The van der Waals surface area contributed by atoms with Crippen LogP contribution in [0.2, 0.25) is 0 Å². The minimum absolute atomic E-state index is 0.1000. The van der Waals surface area contributed by atoms with Crippen LogP contribution in [0, 0.1) is 5.92 Å². The molecule has 0 spiro atoms. The first-order chi connectivity index (χ1) is 10.6. The van der Waals surface area contributed by atoms with E-state index >= 15 is 0 Å². The maximum absolute atomic E-state index is 12.0. The number of methoxy groups -OCH3 is 1. The highest BCUT2D eigenvalue weighted by Gasteiger charge is 2.23. The normalized spacial score (nSPS) is 21.0. The van der Waals surface area contributed by atoms with Crippen molar-refractivity contribution in [3.8, 4) is 5.75 Å². The molecule has 1 fully saturated rings. The third kappa shape index (κ3) is 4.23. The van der Waals surface area contributed by atoms with E-state index in [0.717, 1.165) is 19.3 Å². The highest BCUT2D eigenvalue weighted by atomic mass is 16.5. The molecule has 1 N–H and O–H groups in total. The van der Waals surface area contributed by atoms with Crippen molar-refractivity contribution < 1.29 is 19.1 Å². The van der Waals surface area contributed by atoms with Crippen LogP contribution in [0.3, 0.4) is 0 Å². The van der Waals surface area contributed by atoms with Gasteiger partial charge in [-0.25, -0.2) is 4.79 Å². The summed E-state index contributed by atoms with van der Waals surface area (Å²) in [5.74, 6) is 0.233. The Balaban J connectivity index is 1.90. The third-order valence-electron chi connectivity index (χ3n) is 4.11. The van der Waals surface area contributed by atoms with Gasteiger partial charge in [-0.3, -0.25) is 4.79 Å². The molecule has 0 radical (unpaired) electrons. The number of esters is 1. The zero-order valence-electron chi connectivity index (χ0n) is 13.1. The first-order valence-electron chi connectivity index (χ1n) is 7.71. The summed E-state index contributed by atoms with van der Waals surface area (Å²) in [5, 5.41) is 3.02. The number of benzene rings is 1. The van der Waals surface area contributed by atoms with Crippen LogP contribution in [-0.4, -0.2) is 31.6 Å². The Hall–Kier alpha value is -2.04. The zero-order valence-corrected chi connectivity index (χ0v) is 13.1. The molecule has 1 aromatic rings. The molecule has 0 saturated heterocycles. The Morgan fingerprint density at radius 2 is 1.95 bits per heavy atom. The van der Waals surface area contributed by atoms with Crippen LogP contribution in [0.5, 0.6) is 5.75 Å². The molecular formula is C17H23NO4. The molecule has 2 atom stereocenters. The van der Waals surface area contributed by atoms with Gasteiger partial charge in [0.2, 0.25) is 0 Å². The lowest BCUT2D eigenvalue weighted by Gasteiger charge is -2.29. The average molecular weight is 305 g/mol. The van der Waals surface area contributed by atoms with E-state index in [4.69, 9.17) is 9.47 Å². The van der Waals surface area contributed by atoms with Gasteiger partial charge in [0.1, 0.15) is 11.3 Å². The largest absolute Gasteiger partial charge is 0.483 e. The monoisotopic (exact) mass is 305 g/mol. The Morgan fingerprint density at radius 3 is 2.68 bits per heavy atom. The van der Waals surface area contributed by atoms with Gasteiger partial charge in [-0.05, 0) is 30.9 Å². The SMILES string of the molecule is COC(=O)c1ccccc1OCC(=O)N[C@@H]1CCCC[C@@H]1C.